The molecule has 0 unspecified atom stereocenters. The van der Waals surface area contributed by atoms with Gasteiger partial charge in [-0.2, -0.15) is 11.8 Å². The van der Waals surface area contributed by atoms with Crippen LogP contribution >= 0.6 is 11.8 Å². The van der Waals surface area contributed by atoms with Crippen LogP contribution in [-0.2, 0) is 11.2 Å². The highest BCUT2D eigenvalue weighted by atomic mass is 32.2. The first-order valence-electron chi connectivity index (χ1n) is 6.31. The molecule has 1 fully saturated rings. The molecule has 1 amide bonds. The third-order valence-electron chi connectivity index (χ3n) is 3.19. The van der Waals surface area contributed by atoms with Gasteiger partial charge >= 0.3 is 0 Å². The van der Waals surface area contributed by atoms with Gasteiger partial charge in [0.25, 0.3) is 0 Å². The molecule has 0 atom stereocenters. The van der Waals surface area contributed by atoms with Crippen molar-refractivity contribution in [1.82, 2.24) is 4.90 Å². The van der Waals surface area contributed by atoms with Crippen LogP contribution in [-0.4, -0.2) is 49.6 Å². The van der Waals surface area contributed by atoms with Gasteiger partial charge < -0.3 is 14.4 Å². The zero-order valence-electron chi connectivity index (χ0n) is 11.3. The first-order valence-corrected chi connectivity index (χ1v) is 7.46. The van der Waals surface area contributed by atoms with Crippen molar-refractivity contribution in [2.45, 2.75) is 6.42 Å². The van der Waals surface area contributed by atoms with Gasteiger partial charge in [0, 0.05) is 30.2 Å². The van der Waals surface area contributed by atoms with Gasteiger partial charge in [0.15, 0.2) is 0 Å². The summed E-state index contributed by atoms with van der Waals surface area (Å²) >= 11 is 1.90. The van der Waals surface area contributed by atoms with Crippen LogP contribution in [0.1, 0.15) is 5.56 Å². The lowest BCUT2D eigenvalue weighted by atomic mass is 10.1. The van der Waals surface area contributed by atoms with Crippen LogP contribution in [0.4, 0.5) is 0 Å². The molecule has 1 saturated heterocycles. The molecule has 0 saturated carbocycles. The van der Waals surface area contributed by atoms with Crippen molar-refractivity contribution >= 4 is 17.7 Å². The predicted octanol–water partition coefficient (Wildman–Crippen LogP) is 1.82. The normalized spacial score (nSPS) is 15.2. The zero-order valence-corrected chi connectivity index (χ0v) is 12.2. The monoisotopic (exact) mass is 281 g/mol. The number of thioether (sulfide) groups is 1. The Hall–Kier alpha value is -1.36. The Labute approximate surface area is 118 Å². The highest BCUT2D eigenvalue weighted by Gasteiger charge is 2.18. The number of rotatable bonds is 4. The van der Waals surface area contributed by atoms with E-state index in [9.17, 15) is 4.79 Å². The molecule has 0 aliphatic carbocycles. The summed E-state index contributed by atoms with van der Waals surface area (Å²) in [6, 6.07) is 5.55. The van der Waals surface area contributed by atoms with Crippen LogP contribution in [0.2, 0.25) is 0 Å². The summed E-state index contributed by atoms with van der Waals surface area (Å²) in [6.07, 6.45) is 0.366. The van der Waals surface area contributed by atoms with Gasteiger partial charge in [-0.15, -0.1) is 0 Å². The van der Waals surface area contributed by atoms with Crippen LogP contribution < -0.4 is 9.47 Å². The summed E-state index contributed by atoms with van der Waals surface area (Å²) in [6.45, 7) is 1.69. The summed E-state index contributed by atoms with van der Waals surface area (Å²) in [7, 11) is 3.24. The number of carbonyl (C=O) groups excluding carboxylic acids is 1. The fraction of sp³-hybridized carbons (Fsp3) is 0.500. The fourth-order valence-electron chi connectivity index (χ4n) is 2.11. The maximum atomic E-state index is 12.3. The molecule has 1 aromatic rings. The molecule has 2 rings (SSSR count). The van der Waals surface area contributed by atoms with Crippen LogP contribution in [0.5, 0.6) is 11.5 Å². The average Bonchev–Trinajstić information content (AvgIpc) is 2.48. The molecule has 0 spiro atoms. The van der Waals surface area contributed by atoms with Crippen molar-refractivity contribution in [1.29, 1.82) is 0 Å². The quantitative estimate of drug-likeness (QED) is 0.844. The van der Waals surface area contributed by atoms with Crippen molar-refractivity contribution < 1.29 is 14.3 Å². The molecule has 1 aliphatic heterocycles. The van der Waals surface area contributed by atoms with Crippen molar-refractivity contribution in [3.63, 3.8) is 0 Å². The summed E-state index contributed by atoms with van der Waals surface area (Å²) in [4.78, 5) is 14.2. The molecule has 19 heavy (non-hydrogen) atoms. The van der Waals surface area contributed by atoms with Gasteiger partial charge in [-0.3, -0.25) is 4.79 Å². The third kappa shape index (κ3) is 3.56. The van der Waals surface area contributed by atoms with Crippen molar-refractivity contribution in [2.24, 2.45) is 0 Å². The molecule has 1 aliphatic rings. The summed E-state index contributed by atoms with van der Waals surface area (Å²) < 4.78 is 10.5. The Kier molecular flexibility index (Phi) is 4.96. The number of ether oxygens (including phenoxy) is 2. The van der Waals surface area contributed by atoms with Gasteiger partial charge in [-0.1, -0.05) is 0 Å². The minimum Gasteiger partial charge on any atom is -0.497 e. The van der Waals surface area contributed by atoms with E-state index in [0.29, 0.717) is 6.42 Å². The first kappa shape index (κ1) is 14.1. The molecule has 0 aromatic heterocycles. The number of carbonyl (C=O) groups is 1. The van der Waals surface area contributed by atoms with E-state index in [-0.39, 0.29) is 5.91 Å². The Bertz CT molecular complexity index is 444. The number of nitrogens with zero attached hydrogens (tertiary/aromatic N) is 1. The molecule has 1 aromatic carbocycles. The topological polar surface area (TPSA) is 38.8 Å². The van der Waals surface area contributed by atoms with Gasteiger partial charge in [-0.25, -0.2) is 0 Å². The fourth-order valence-corrected chi connectivity index (χ4v) is 3.01. The molecule has 4 nitrogen and oxygen atoms in total. The maximum Gasteiger partial charge on any atom is 0.227 e. The van der Waals surface area contributed by atoms with Crippen LogP contribution in [0.3, 0.4) is 0 Å². The van der Waals surface area contributed by atoms with Gasteiger partial charge in [0.2, 0.25) is 5.91 Å². The van der Waals surface area contributed by atoms with E-state index in [1.165, 1.54) is 0 Å². The highest BCUT2D eigenvalue weighted by molar-refractivity contribution is 7.99. The van der Waals surface area contributed by atoms with Gasteiger partial charge in [0.05, 0.1) is 20.6 Å². The second kappa shape index (κ2) is 6.70. The Morgan fingerprint density at radius 2 is 2.00 bits per heavy atom. The molecular weight excluding hydrogens is 262 g/mol. The van der Waals surface area contributed by atoms with Crippen molar-refractivity contribution in [3.05, 3.63) is 23.8 Å². The Morgan fingerprint density at radius 1 is 1.26 bits per heavy atom. The zero-order chi connectivity index (χ0) is 13.7. The Balaban J connectivity index is 2.10. The van der Waals surface area contributed by atoms with E-state index >= 15 is 0 Å². The SMILES string of the molecule is COc1ccc(OC)c(CC(=O)N2CCSCC2)c1. The lowest BCUT2D eigenvalue weighted by Gasteiger charge is -2.26. The van der Waals surface area contributed by atoms with E-state index in [1.54, 1.807) is 14.2 Å². The lowest BCUT2D eigenvalue weighted by molar-refractivity contribution is -0.130. The lowest BCUT2D eigenvalue weighted by Crippen LogP contribution is -2.38. The van der Waals surface area contributed by atoms with E-state index in [4.69, 9.17) is 9.47 Å². The number of methoxy groups -OCH3 is 2. The van der Waals surface area contributed by atoms with Crippen molar-refractivity contribution in [2.75, 3.05) is 38.8 Å². The predicted molar refractivity (Wildman–Crippen MR) is 77.2 cm³/mol. The molecule has 0 N–H and O–H groups in total. The number of hydrogen-bond donors (Lipinski definition) is 0. The van der Waals surface area contributed by atoms with Crippen molar-refractivity contribution in [3.8, 4) is 11.5 Å². The largest absolute Gasteiger partial charge is 0.497 e. The average molecular weight is 281 g/mol. The first-order chi connectivity index (χ1) is 9.24. The summed E-state index contributed by atoms with van der Waals surface area (Å²) in [5.74, 6) is 3.70. The van der Waals surface area contributed by atoms with E-state index in [2.05, 4.69) is 0 Å². The minimum atomic E-state index is 0.159. The van der Waals surface area contributed by atoms with Crippen LogP contribution in [0.25, 0.3) is 0 Å². The summed E-state index contributed by atoms with van der Waals surface area (Å²) in [5.41, 5.74) is 0.880. The standard InChI is InChI=1S/C14H19NO3S/c1-17-12-3-4-13(18-2)11(9-12)10-14(16)15-5-7-19-8-6-15/h3-4,9H,5-8,10H2,1-2H3. The molecule has 0 radical (unpaired) electrons. The van der Waals surface area contributed by atoms with Crippen LogP contribution in [0, 0.1) is 0 Å². The molecule has 5 heteroatoms. The minimum absolute atomic E-state index is 0.159. The number of benzene rings is 1. The second-order valence-corrected chi connectivity index (χ2v) is 5.57. The number of hydrogen-bond acceptors (Lipinski definition) is 4. The smallest absolute Gasteiger partial charge is 0.227 e. The van der Waals surface area contributed by atoms with Gasteiger partial charge in [0.1, 0.15) is 11.5 Å². The van der Waals surface area contributed by atoms with E-state index in [0.717, 1.165) is 41.7 Å². The maximum absolute atomic E-state index is 12.3. The molecular formula is C14H19NO3S. The summed E-state index contributed by atoms with van der Waals surface area (Å²) in [5, 5.41) is 0. The molecule has 1 heterocycles. The Morgan fingerprint density at radius 3 is 2.63 bits per heavy atom. The second-order valence-electron chi connectivity index (χ2n) is 4.35. The molecule has 104 valence electrons. The van der Waals surface area contributed by atoms with E-state index < -0.39 is 0 Å². The van der Waals surface area contributed by atoms with E-state index in [1.807, 2.05) is 34.9 Å². The third-order valence-corrected chi connectivity index (χ3v) is 4.14. The molecule has 0 bridgehead atoms. The highest BCUT2D eigenvalue weighted by Crippen LogP contribution is 2.25. The van der Waals surface area contributed by atoms with Gasteiger partial charge in [-0.05, 0) is 18.2 Å². The van der Waals surface area contributed by atoms with Crippen LogP contribution in [0.15, 0.2) is 18.2 Å². The number of amides is 1.